The van der Waals surface area contributed by atoms with E-state index in [4.69, 9.17) is 5.11 Å². The van der Waals surface area contributed by atoms with Gasteiger partial charge in [0, 0.05) is 31.1 Å². The highest BCUT2D eigenvalue weighted by Gasteiger charge is 2.28. The minimum Gasteiger partial charge on any atom is -0.480 e. The number of carbonyl (C=O) groups is 3. The maximum Gasteiger partial charge on any atom is 0.325 e. The molecule has 1 fully saturated rings. The molecule has 140 valence electrons. The summed E-state index contributed by atoms with van der Waals surface area (Å²) in [6, 6.07) is 2.03. The molecule has 1 aromatic rings. The number of amides is 2. The standard InChI is InChI=1S/C18H20F2N2O4/c1-11(18(25)26)21-17(24)13-4-6-22(7-5-13)16(23)3-2-12-8-14(19)10-15(20)9-12/h2-3,8-11,13H,4-7H2,1H3,(H,21,24)(H,25,26)/b3-2+. The molecule has 0 bridgehead atoms. The number of hydrogen-bond acceptors (Lipinski definition) is 3. The highest BCUT2D eigenvalue weighted by atomic mass is 19.1. The maximum atomic E-state index is 13.1. The average Bonchev–Trinajstić information content (AvgIpc) is 2.58. The van der Waals surface area contributed by atoms with E-state index in [0.717, 1.165) is 18.2 Å². The van der Waals surface area contributed by atoms with Gasteiger partial charge in [-0.05, 0) is 43.5 Å². The Balaban J connectivity index is 1.87. The van der Waals surface area contributed by atoms with Crippen LogP contribution in [0.25, 0.3) is 6.08 Å². The van der Waals surface area contributed by atoms with Crippen LogP contribution in [0.15, 0.2) is 24.3 Å². The van der Waals surface area contributed by atoms with Crippen molar-refractivity contribution in [1.82, 2.24) is 10.2 Å². The predicted molar refractivity (Wildman–Crippen MR) is 89.9 cm³/mol. The largest absolute Gasteiger partial charge is 0.480 e. The number of aliphatic carboxylic acids is 1. The summed E-state index contributed by atoms with van der Waals surface area (Å²) in [4.78, 5) is 36.5. The fraction of sp³-hybridized carbons (Fsp3) is 0.389. The molecule has 2 rings (SSSR count). The molecular weight excluding hydrogens is 346 g/mol. The zero-order chi connectivity index (χ0) is 19.3. The number of carbonyl (C=O) groups excluding carboxylic acids is 2. The second-order valence-electron chi connectivity index (χ2n) is 6.20. The van der Waals surface area contributed by atoms with E-state index in [-0.39, 0.29) is 23.3 Å². The van der Waals surface area contributed by atoms with Crippen LogP contribution in [-0.2, 0) is 14.4 Å². The van der Waals surface area contributed by atoms with Gasteiger partial charge in [-0.15, -0.1) is 0 Å². The van der Waals surface area contributed by atoms with Crippen molar-refractivity contribution >= 4 is 23.9 Å². The van der Waals surface area contributed by atoms with Crippen LogP contribution in [0.5, 0.6) is 0 Å². The first-order chi connectivity index (χ1) is 12.3. The van der Waals surface area contributed by atoms with Gasteiger partial charge in [0.05, 0.1) is 0 Å². The Labute approximate surface area is 149 Å². The molecule has 2 N–H and O–H groups in total. The summed E-state index contributed by atoms with van der Waals surface area (Å²) in [5.41, 5.74) is 0.243. The van der Waals surface area contributed by atoms with Crippen molar-refractivity contribution in [3.8, 4) is 0 Å². The number of nitrogens with one attached hydrogen (secondary N) is 1. The normalized spacial score (nSPS) is 16.5. The lowest BCUT2D eigenvalue weighted by Crippen LogP contribution is -2.46. The van der Waals surface area contributed by atoms with Gasteiger partial charge in [-0.3, -0.25) is 14.4 Å². The minimum atomic E-state index is -1.11. The number of benzene rings is 1. The van der Waals surface area contributed by atoms with Gasteiger partial charge in [0.2, 0.25) is 11.8 Å². The fourth-order valence-corrected chi connectivity index (χ4v) is 2.70. The number of carboxylic acid groups (broad SMARTS) is 1. The number of nitrogens with zero attached hydrogens (tertiary/aromatic N) is 1. The molecule has 0 aromatic heterocycles. The SMILES string of the molecule is CC(NC(=O)C1CCN(C(=O)/C=C/c2cc(F)cc(F)c2)CC1)C(=O)O. The monoisotopic (exact) mass is 366 g/mol. The molecule has 1 saturated heterocycles. The number of likely N-dealkylation sites (tertiary alicyclic amines) is 1. The first-order valence-corrected chi connectivity index (χ1v) is 8.22. The molecule has 1 atom stereocenters. The molecule has 1 aromatic carbocycles. The highest BCUT2D eigenvalue weighted by Crippen LogP contribution is 2.18. The number of rotatable bonds is 5. The fourth-order valence-electron chi connectivity index (χ4n) is 2.70. The Hall–Kier alpha value is -2.77. The third-order valence-electron chi connectivity index (χ3n) is 4.21. The van der Waals surface area contributed by atoms with E-state index < -0.39 is 23.6 Å². The van der Waals surface area contributed by atoms with Crippen LogP contribution in [0.1, 0.15) is 25.3 Å². The van der Waals surface area contributed by atoms with Crippen molar-refractivity contribution < 1.29 is 28.3 Å². The van der Waals surface area contributed by atoms with Crippen molar-refractivity contribution in [3.05, 3.63) is 41.5 Å². The maximum absolute atomic E-state index is 13.1. The molecule has 1 heterocycles. The van der Waals surface area contributed by atoms with Crippen molar-refractivity contribution in [2.45, 2.75) is 25.8 Å². The summed E-state index contributed by atoms with van der Waals surface area (Å²) >= 11 is 0. The van der Waals surface area contributed by atoms with Gasteiger partial charge in [0.1, 0.15) is 17.7 Å². The third-order valence-corrected chi connectivity index (χ3v) is 4.21. The summed E-state index contributed by atoms with van der Waals surface area (Å²) in [5, 5.41) is 11.2. The van der Waals surface area contributed by atoms with Gasteiger partial charge in [-0.25, -0.2) is 8.78 Å². The van der Waals surface area contributed by atoms with E-state index in [2.05, 4.69) is 5.32 Å². The molecule has 1 unspecified atom stereocenters. The lowest BCUT2D eigenvalue weighted by atomic mass is 9.95. The lowest BCUT2D eigenvalue weighted by molar-refractivity contribution is -0.142. The van der Waals surface area contributed by atoms with E-state index in [0.29, 0.717) is 25.9 Å². The molecule has 1 aliphatic heterocycles. The van der Waals surface area contributed by atoms with Crippen LogP contribution >= 0.6 is 0 Å². The first-order valence-electron chi connectivity index (χ1n) is 8.22. The number of halogens is 2. The quantitative estimate of drug-likeness (QED) is 0.778. The molecule has 0 aliphatic carbocycles. The van der Waals surface area contributed by atoms with Crippen molar-refractivity contribution in [3.63, 3.8) is 0 Å². The second-order valence-corrected chi connectivity index (χ2v) is 6.20. The molecule has 8 heteroatoms. The Morgan fingerprint density at radius 3 is 2.31 bits per heavy atom. The van der Waals surface area contributed by atoms with Gasteiger partial charge >= 0.3 is 5.97 Å². The summed E-state index contributed by atoms with van der Waals surface area (Å²) in [5.74, 6) is -3.55. The molecule has 6 nitrogen and oxygen atoms in total. The van der Waals surface area contributed by atoms with Crippen LogP contribution in [0.4, 0.5) is 8.78 Å². The third kappa shape index (κ3) is 5.37. The smallest absolute Gasteiger partial charge is 0.325 e. The molecule has 1 aliphatic rings. The van der Waals surface area contributed by atoms with E-state index in [1.807, 2.05) is 0 Å². The Morgan fingerprint density at radius 2 is 1.77 bits per heavy atom. The second kappa shape index (κ2) is 8.55. The molecule has 0 saturated carbocycles. The van der Waals surface area contributed by atoms with Gasteiger partial charge < -0.3 is 15.3 Å². The van der Waals surface area contributed by atoms with E-state index >= 15 is 0 Å². The lowest BCUT2D eigenvalue weighted by Gasteiger charge is -2.31. The van der Waals surface area contributed by atoms with Gasteiger partial charge in [-0.2, -0.15) is 0 Å². The van der Waals surface area contributed by atoms with Crippen molar-refractivity contribution in [2.24, 2.45) is 5.92 Å². The average molecular weight is 366 g/mol. The molecule has 0 radical (unpaired) electrons. The van der Waals surface area contributed by atoms with E-state index in [9.17, 15) is 23.2 Å². The van der Waals surface area contributed by atoms with Crippen LogP contribution < -0.4 is 5.32 Å². The zero-order valence-electron chi connectivity index (χ0n) is 14.2. The van der Waals surface area contributed by atoms with Crippen LogP contribution in [0.2, 0.25) is 0 Å². The topological polar surface area (TPSA) is 86.7 Å². The minimum absolute atomic E-state index is 0.243. The van der Waals surface area contributed by atoms with Crippen molar-refractivity contribution in [2.75, 3.05) is 13.1 Å². The van der Waals surface area contributed by atoms with Crippen LogP contribution in [0, 0.1) is 17.6 Å². The number of carboxylic acids is 1. The van der Waals surface area contributed by atoms with Gasteiger partial charge in [0.15, 0.2) is 0 Å². The predicted octanol–water partition coefficient (Wildman–Crippen LogP) is 1.81. The number of piperidine rings is 1. The summed E-state index contributed by atoms with van der Waals surface area (Å²) < 4.78 is 26.2. The Bertz CT molecular complexity index is 708. The van der Waals surface area contributed by atoms with Crippen LogP contribution in [-0.4, -0.2) is 46.9 Å². The van der Waals surface area contributed by atoms with Crippen molar-refractivity contribution in [1.29, 1.82) is 0 Å². The number of hydrogen-bond donors (Lipinski definition) is 2. The Kier molecular flexibility index (Phi) is 6.43. The zero-order valence-corrected chi connectivity index (χ0v) is 14.2. The summed E-state index contributed by atoms with van der Waals surface area (Å²) in [6.45, 7) is 2.08. The molecule has 2 amide bonds. The summed E-state index contributed by atoms with van der Waals surface area (Å²) in [6.07, 6.45) is 3.42. The van der Waals surface area contributed by atoms with Gasteiger partial charge in [-0.1, -0.05) is 0 Å². The molecular formula is C18H20F2N2O4. The van der Waals surface area contributed by atoms with Gasteiger partial charge in [0.25, 0.3) is 0 Å². The first kappa shape index (κ1) is 19.6. The van der Waals surface area contributed by atoms with E-state index in [1.54, 1.807) is 0 Å². The molecule has 26 heavy (non-hydrogen) atoms. The van der Waals surface area contributed by atoms with Crippen LogP contribution in [0.3, 0.4) is 0 Å². The highest BCUT2D eigenvalue weighted by molar-refractivity contribution is 5.92. The summed E-state index contributed by atoms with van der Waals surface area (Å²) in [7, 11) is 0. The Morgan fingerprint density at radius 1 is 1.19 bits per heavy atom. The molecule has 0 spiro atoms. The van der Waals surface area contributed by atoms with E-state index in [1.165, 1.54) is 24.0 Å².